The Bertz CT molecular complexity index is 1010. The predicted octanol–water partition coefficient (Wildman–Crippen LogP) is 4.52. The second kappa shape index (κ2) is 9.47. The number of ketones is 1. The first-order valence-electron chi connectivity index (χ1n) is 8.88. The molecule has 0 saturated heterocycles. The van der Waals surface area contributed by atoms with Crippen molar-refractivity contribution in [3.63, 3.8) is 0 Å². The summed E-state index contributed by atoms with van der Waals surface area (Å²) in [4.78, 5) is 28.6. The van der Waals surface area contributed by atoms with Crippen molar-refractivity contribution in [3.8, 4) is 17.1 Å². The smallest absolute Gasteiger partial charge is 0.306 e. The molecule has 0 aliphatic heterocycles. The van der Waals surface area contributed by atoms with Crippen molar-refractivity contribution in [1.29, 1.82) is 0 Å². The largest absolute Gasteiger partial charge is 0.496 e. The molecule has 0 aliphatic rings. The van der Waals surface area contributed by atoms with Crippen LogP contribution in [0.3, 0.4) is 0 Å². The van der Waals surface area contributed by atoms with Crippen LogP contribution in [0.15, 0.2) is 51.5 Å². The summed E-state index contributed by atoms with van der Waals surface area (Å²) in [7, 11) is 1.49. The Labute approximate surface area is 176 Å². The van der Waals surface area contributed by atoms with E-state index in [0.29, 0.717) is 17.1 Å². The molecule has 0 spiro atoms. The Morgan fingerprint density at radius 2 is 1.86 bits per heavy atom. The van der Waals surface area contributed by atoms with E-state index in [4.69, 9.17) is 14.0 Å². The van der Waals surface area contributed by atoms with Crippen molar-refractivity contribution in [2.75, 3.05) is 7.11 Å². The Balaban J connectivity index is 1.51. The van der Waals surface area contributed by atoms with Gasteiger partial charge in [-0.2, -0.15) is 4.98 Å². The SMILES string of the molecule is COc1ccc(Br)cc1C(=O)CCC(=O)OCc1nc(-c2ccc(C)cc2)no1. The zero-order chi connectivity index (χ0) is 20.8. The van der Waals surface area contributed by atoms with Crippen LogP contribution in [0.2, 0.25) is 0 Å². The molecule has 0 aliphatic carbocycles. The van der Waals surface area contributed by atoms with E-state index in [-0.39, 0.29) is 31.1 Å². The molecule has 0 radical (unpaired) electrons. The molecule has 0 saturated carbocycles. The minimum Gasteiger partial charge on any atom is -0.496 e. The first-order chi connectivity index (χ1) is 14.0. The van der Waals surface area contributed by atoms with E-state index >= 15 is 0 Å². The zero-order valence-corrected chi connectivity index (χ0v) is 17.6. The predicted molar refractivity (Wildman–Crippen MR) is 109 cm³/mol. The van der Waals surface area contributed by atoms with Crippen molar-refractivity contribution in [1.82, 2.24) is 10.1 Å². The standard InChI is InChI=1S/C21H19BrN2O5/c1-13-3-5-14(6-4-13)21-23-19(29-24-21)12-28-20(26)10-8-17(25)16-11-15(22)7-9-18(16)27-2/h3-7,9,11H,8,10,12H2,1-2H3. The van der Waals surface area contributed by atoms with Gasteiger partial charge in [0.05, 0.1) is 19.1 Å². The summed E-state index contributed by atoms with van der Waals surface area (Å²) in [6, 6.07) is 12.8. The van der Waals surface area contributed by atoms with Gasteiger partial charge in [0.15, 0.2) is 12.4 Å². The van der Waals surface area contributed by atoms with Gasteiger partial charge in [0.25, 0.3) is 5.89 Å². The van der Waals surface area contributed by atoms with Crippen LogP contribution in [0.1, 0.15) is 34.7 Å². The molecule has 0 unspecified atom stereocenters. The molecule has 1 aromatic heterocycles. The van der Waals surface area contributed by atoms with E-state index in [1.165, 1.54) is 7.11 Å². The molecule has 29 heavy (non-hydrogen) atoms. The summed E-state index contributed by atoms with van der Waals surface area (Å²) in [5.74, 6) is 0.338. The molecule has 0 atom stereocenters. The molecule has 0 N–H and O–H groups in total. The zero-order valence-electron chi connectivity index (χ0n) is 16.0. The van der Waals surface area contributed by atoms with Gasteiger partial charge >= 0.3 is 5.97 Å². The minimum absolute atomic E-state index is 0.00406. The molecule has 8 heteroatoms. The van der Waals surface area contributed by atoms with Gasteiger partial charge in [-0.1, -0.05) is 50.9 Å². The number of ether oxygens (including phenoxy) is 2. The highest BCUT2D eigenvalue weighted by molar-refractivity contribution is 9.10. The number of aryl methyl sites for hydroxylation is 1. The lowest BCUT2D eigenvalue weighted by atomic mass is 10.1. The maximum atomic E-state index is 12.4. The Hall–Kier alpha value is -3.00. The molecule has 3 rings (SSSR count). The number of esters is 1. The molecule has 7 nitrogen and oxygen atoms in total. The summed E-state index contributed by atoms with van der Waals surface area (Å²) in [6.07, 6.45) is -0.0580. The van der Waals surface area contributed by atoms with Gasteiger partial charge < -0.3 is 14.0 Å². The van der Waals surface area contributed by atoms with E-state index in [1.54, 1.807) is 18.2 Å². The van der Waals surface area contributed by atoms with Crippen molar-refractivity contribution in [2.45, 2.75) is 26.4 Å². The van der Waals surface area contributed by atoms with Gasteiger partial charge in [-0.15, -0.1) is 0 Å². The number of carbonyl (C=O) groups excluding carboxylic acids is 2. The number of halogens is 1. The number of nitrogens with zero attached hydrogens (tertiary/aromatic N) is 2. The lowest BCUT2D eigenvalue weighted by molar-refractivity contribution is -0.145. The van der Waals surface area contributed by atoms with Gasteiger partial charge in [-0.05, 0) is 25.1 Å². The number of benzene rings is 2. The Morgan fingerprint density at radius 1 is 1.10 bits per heavy atom. The molecule has 0 bridgehead atoms. The fraction of sp³-hybridized carbons (Fsp3) is 0.238. The van der Waals surface area contributed by atoms with E-state index in [2.05, 4.69) is 26.1 Å². The highest BCUT2D eigenvalue weighted by Gasteiger charge is 2.16. The molecule has 2 aromatic carbocycles. The summed E-state index contributed by atoms with van der Waals surface area (Å²) < 4.78 is 16.2. The van der Waals surface area contributed by atoms with Crippen LogP contribution >= 0.6 is 15.9 Å². The summed E-state index contributed by atoms with van der Waals surface area (Å²) >= 11 is 3.32. The molecule has 3 aromatic rings. The van der Waals surface area contributed by atoms with Crippen molar-refractivity contribution in [2.24, 2.45) is 0 Å². The monoisotopic (exact) mass is 458 g/mol. The Kier molecular flexibility index (Phi) is 6.77. The van der Waals surface area contributed by atoms with E-state index in [9.17, 15) is 9.59 Å². The van der Waals surface area contributed by atoms with Crippen molar-refractivity contribution in [3.05, 3.63) is 64.0 Å². The number of methoxy groups -OCH3 is 1. The fourth-order valence-corrected chi connectivity index (χ4v) is 2.96. The highest BCUT2D eigenvalue weighted by atomic mass is 79.9. The average molecular weight is 459 g/mol. The van der Waals surface area contributed by atoms with Gasteiger partial charge in [0.2, 0.25) is 5.82 Å². The Morgan fingerprint density at radius 3 is 2.59 bits per heavy atom. The number of Topliss-reactive ketones (excluding diaryl/α,β-unsaturated/α-hetero) is 1. The van der Waals surface area contributed by atoms with E-state index in [1.807, 2.05) is 31.2 Å². The second-order valence-corrected chi connectivity index (χ2v) is 7.22. The summed E-state index contributed by atoms with van der Waals surface area (Å²) in [6.45, 7) is 1.84. The molecule has 0 amide bonds. The third-order valence-electron chi connectivity index (χ3n) is 4.15. The van der Waals surface area contributed by atoms with Gasteiger partial charge in [-0.25, -0.2) is 0 Å². The molecular formula is C21H19BrN2O5. The maximum absolute atomic E-state index is 12.4. The third kappa shape index (κ3) is 5.51. The summed E-state index contributed by atoms with van der Waals surface area (Å²) in [5.41, 5.74) is 2.35. The van der Waals surface area contributed by atoms with E-state index < -0.39 is 5.97 Å². The van der Waals surface area contributed by atoms with Crippen molar-refractivity contribution >= 4 is 27.7 Å². The van der Waals surface area contributed by atoms with Crippen molar-refractivity contribution < 1.29 is 23.6 Å². The van der Waals surface area contributed by atoms with Crippen LogP contribution in [0.4, 0.5) is 0 Å². The van der Waals surface area contributed by atoms with E-state index in [0.717, 1.165) is 15.6 Å². The third-order valence-corrected chi connectivity index (χ3v) is 4.65. The van der Waals surface area contributed by atoms with Crippen LogP contribution in [-0.4, -0.2) is 29.0 Å². The van der Waals surface area contributed by atoms with Crippen LogP contribution in [0.25, 0.3) is 11.4 Å². The van der Waals surface area contributed by atoms with Gasteiger partial charge in [0.1, 0.15) is 5.75 Å². The number of aromatic nitrogens is 2. The molecule has 150 valence electrons. The molecular weight excluding hydrogens is 440 g/mol. The first kappa shape index (κ1) is 20.7. The number of carbonyl (C=O) groups is 2. The maximum Gasteiger partial charge on any atom is 0.306 e. The minimum atomic E-state index is -0.526. The van der Waals surface area contributed by atoms with Gasteiger partial charge in [0, 0.05) is 16.5 Å². The summed E-state index contributed by atoms with van der Waals surface area (Å²) in [5, 5.41) is 3.89. The van der Waals surface area contributed by atoms with Crippen LogP contribution < -0.4 is 4.74 Å². The van der Waals surface area contributed by atoms with Crippen LogP contribution in [0.5, 0.6) is 5.75 Å². The lowest BCUT2D eigenvalue weighted by Gasteiger charge is -2.08. The first-order valence-corrected chi connectivity index (χ1v) is 9.67. The van der Waals surface area contributed by atoms with Crippen LogP contribution in [-0.2, 0) is 16.1 Å². The van der Waals surface area contributed by atoms with Gasteiger partial charge in [-0.3, -0.25) is 9.59 Å². The number of rotatable bonds is 8. The number of hydrogen-bond acceptors (Lipinski definition) is 7. The lowest BCUT2D eigenvalue weighted by Crippen LogP contribution is -2.09. The quantitative estimate of drug-likeness (QED) is 0.361. The topological polar surface area (TPSA) is 91.5 Å². The highest BCUT2D eigenvalue weighted by Crippen LogP contribution is 2.24. The second-order valence-electron chi connectivity index (χ2n) is 6.31. The fourth-order valence-electron chi connectivity index (χ4n) is 2.60. The average Bonchev–Trinajstić information content (AvgIpc) is 3.20. The molecule has 1 heterocycles. The molecule has 0 fully saturated rings. The van der Waals surface area contributed by atoms with Crippen LogP contribution in [0, 0.1) is 6.92 Å². The normalized spacial score (nSPS) is 10.6. The number of hydrogen-bond donors (Lipinski definition) is 0.